The Morgan fingerprint density at radius 2 is 1.95 bits per heavy atom. The van der Waals surface area contributed by atoms with E-state index in [9.17, 15) is 14.4 Å². The van der Waals surface area contributed by atoms with Crippen molar-refractivity contribution in [3.63, 3.8) is 0 Å². The van der Waals surface area contributed by atoms with Gasteiger partial charge in [0.1, 0.15) is 5.82 Å². The molecule has 4 heterocycles. The number of benzene rings is 2. The van der Waals surface area contributed by atoms with Crippen LogP contribution in [0.5, 0.6) is 0 Å². The number of fused-ring (bicyclic) bond motifs is 3. The van der Waals surface area contributed by atoms with E-state index >= 15 is 0 Å². The van der Waals surface area contributed by atoms with Gasteiger partial charge in [0.15, 0.2) is 0 Å². The van der Waals surface area contributed by atoms with Crippen molar-refractivity contribution in [1.29, 1.82) is 0 Å². The second-order valence-electron chi connectivity index (χ2n) is 10.2. The van der Waals surface area contributed by atoms with Gasteiger partial charge in [0.25, 0.3) is 0 Å². The van der Waals surface area contributed by atoms with Gasteiger partial charge in [-0.3, -0.25) is 14.4 Å². The van der Waals surface area contributed by atoms with E-state index in [1.165, 1.54) is 0 Å². The Morgan fingerprint density at radius 3 is 2.86 bits per heavy atom. The molecule has 7 rings (SSSR count). The minimum Gasteiger partial charge on any atom is -0.345 e. The lowest BCUT2D eigenvalue weighted by Crippen LogP contribution is -2.35. The molecule has 37 heavy (non-hydrogen) atoms. The average molecular weight is 492 g/mol. The van der Waals surface area contributed by atoms with Crippen LogP contribution in [0.25, 0.3) is 10.9 Å². The van der Waals surface area contributed by atoms with Crippen LogP contribution in [-0.4, -0.2) is 27.3 Å². The van der Waals surface area contributed by atoms with Crippen molar-refractivity contribution in [2.75, 3.05) is 16.0 Å². The van der Waals surface area contributed by atoms with Gasteiger partial charge in [-0.25, -0.2) is 4.98 Å². The molecule has 0 saturated heterocycles. The monoisotopic (exact) mass is 491 g/mol. The molecular formula is C29H25N5O3. The number of aryl methyl sites for hydroxylation is 1. The first kappa shape index (κ1) is 21.8. The van der Waals surface area contributed by atoms with Crippen LogP contribution >= 0.6 is 0 Å². The summed E-state index contributed by atoms with van der Waals surface area (Å²) in [6, 6.07) is 15.6. The van der Waals surface area contributed by atoms with Gasteiger partial charge in [0, 0.05) is 42.0 Å². The van der Waals surface area contributed by atoms with Crippen molar-refractivity contribution in [2.45, 2.75) is 44.1 Å². The summed E-state index contributed by atoms with van der Waals surface area (Å²) in [4.78, 5) is 42.5. The number of para-hydroxylation sites is 1. The molecular weight excluding hydrogens is 466 g/mol. The number of nitrogens with zero attached hydrogens (tertiary/aromatic N) is 2. The number of aromatic nitrogens is 2. The highest BCUT2D eigenvalue weighted by Gasteiger charge is 2.51. The Bertz CT molecular complexity index is 1640. The van der Waals surface area contributed by atoms with Crippen molar-refractivity contribution < 1.29 is 14.4 Å². The van der Waals surface area contributed by atoms with Gasteiger partial charge in [-0.1, -0.05) is 24.3 Å². The molecule has 1 aliphatic carbocycles. The van der Waals surface area contributed by atoms with E-state index in [1.54, 1.807) is 6.20 Å². The Kier molecular flexibility index (Phi) is 4.73. The molecule has 1 atom stereocenters. The third kappa shape index (κ3) is 3.43. The van der Waals surface area contributed by atoms with Crippen molar-refractivity contribution >= 4 is 45.8 Å². The molecule has 8 heteroatoms. The van der Waals surface area contributed by atoms with E-state index < -0.39 is 5.41 Å². The summed E-state index contributed by atoms with van der Waals surface area (Å²) in [5.74, 6) is 0.543. The first-order chi connectivity index (χ1) is 18.0. The number of hydrogen-bond acceptors (Lipinski definition) is 4. The lowest BCUT2D eigenvalue weighted by atomic mass is 9.79. The standard InChI is InChI=1S/C29H25N5O3/c35-24-7-3-11-34-16-19(21-4-1-6-23(32-24)26(21)34)13-25(36)31-20-9-8-17-14-29(15-18(17)12-20)22-5-2-10-30-27(22)33-28(29)37/h1-2,4-6,8-10,12,16H,3,7,11,13-15H2,(H,31,36)(H,32,35)(H,30,33,37). The van der Waals surface area contributed by atoms with E-state index in [0.29, 0.717) is 25.1 Å². The van der Waals surface area contributed by atoms with Crippen molar-refractivity contribution in [1.82, 2.24) is 9.55 Å². The summed E-state index contributed by atoms with van der Waals surface area (Å²) in [7, 11) is 0. The lowest BCUT2D eigenvalue weighted by molar-refractivity contribution is -0.120. The normalized spacial score (nSPS) is 19.7. The highest BCUT2D eigenvalue weighted by atomic mass is 16.2. The van der Waals surface area contributed by atoms with Crippen LogP contribution < -0.4 is 16.0 Å². The van der Waals surface area contributed by atoms with Gasteiger partial charge in [0.05, 0.1) is 23.0 Å². The van der Waals surface area contributed by atoms with Crippen LogP contribution in [0.15, 0.2) is 60.9 Å². The number of rotatable bonds is 3. The van der Waals surface area contributed by atoms with Crippen LogP contribution in [0.3, 0.4) is 0 Å². The molecule has 184 valence electrons. The maximum absolute atomic E-state index is 13.1. The summed E-state index contributed by atoms with van der Waals surface area (Å²) < 4.78 is 2.14. The van der Waals surface area contributed by atoms with E-state index in [4.69, 9.17) is 0 Å². The summed E-state index contributed by atoms with van der Waals surface area (Å²) in [5, 5.41) is 9.96. The number of carbonyl (C=O) groups is 3. The van der Waals surface area contributed by atoms with Gasteiger partial charge in [-0.05, 0) is 60.2 Å². The molecule has 3 aliphatic rings. The number of carbonyl (C=O) groups excluding carboxylic acids is 3. The predicted molar refractivity (Wildman–Crippen MR) is 141 cm³/mol. The SMILES string of the molecule is O=C(Cc1cn2c3c(cccc13)NC(=O)CCC2)Nc1ccc2c(c1)CC1(C2)C(=O)Nc2ncccc21. The van der Waals surface area contributed by atoms with Crippen molar-refractivity contribution in [2.24, 2.45) is 0 Å². The van der Waals surface area contributed by atoms with Gasteiger partial charge in [-0.2, -0.15) is 0 Å². The Morgan fingerprint density at radius 1 is 1.05 bits per heavy atom. The molecule has 0 fully saturated rings. The second kappa shape index (κ2) is 8.03. The zero-order valence-electron chi connectivity index (χ0n) is 20.1. The van der Waals surface area contributed by atoms with Gasteiger partial charge in [-0.15, -0.1) is 0 Å². The third-order valence-electron chi connectivity index (χ3n) is 7.87. The minimum atomic E-state index is -0.632. The van der Waals surface area contributed by atoms with E-state index in [2.05, 4.69) is 25.5 Å². The molecule has 0 radical (unpaired) electrons. The molecule has 1 unspecified atom stereocenters. The van der Waals surface area contributed by atoms with Crippen molar-refractivity contribution in [3.8, 4) is 0 Å². The maximum Gasteiger partial charge on any atom is 0.237 e. The summed E-state index contributed by atoms with van der Waals surface area (Å²) in [5.41, 5.74) is 5.90. The minimum absolute atomic E-state index is 0.0149. The fraction of sp³-hybridized carbons (Fsp3) is 0.241. The smallest absolute Gasteiger partial charge is 0.237 e. The highest BCUT2D eigenvalue weighted by molar-refractivity contribution is 6.06. The van der Waals surface area contributed by atoms with E-state index in [1.807, 2.05) is 54.7 Å². The third-order valence-corrected chi connectivity index (χ3v) is 7.87. The predicted octanol–water partition coefficient (Wildman–Crippen LogP) is 3.94. The van der Waals surface area contributed by atoms with Gasteiger partial charge < -0.3 is 20.5 Å². The molecule has 4 aromatic rings. The number of nitrogens with one attached hydrogen (secondary N) is 3. The first-order valence-electron chi connectivity index (χ1n) is 12.6. The zero-order valence-corrected chi connectivity index (χ0v) is 20.1. The molecule has 2 aliphatic heterocycles. The molecule has 0 saturated carbocycles. The van der Waals surface area contributed by atoms with Crippen LogP contribution in [0.4, 0.5) is 17.2 Å². The molecule has 2 aromatic carbocycles. The highest BCUT2D eigenvalue weighted by Crippen LogP contribution is 2.47. The van der Waals surface area contributed by atoms with Crippen LogP contribution in [0, 0.1) is 0 Å². The number of anilines is 3. The van der Waals surface area contributed by atoms with Gasteiger partial charge >= 0.3 is 0 Å². The Balaban J connectivity index is 1.13. The summed E-state index contributed by atoms with van der Waals surface area (Å²) >= 11 is 0. The lowest BCUT2D eigenvalue weighted by Gasteiger charge is -2.20. The Hall–Kier alpha value is -4.46. The fourth-order valence-corrected chi connectivity index (χ4v) is 6.20. The number of pyridine rings is 1. The quantitative estimate of drug-likeness (QED) is 0.404. The summed E-state index contributed by atoms with van der Waals surface area (Å²) in [6.07, 6.45) is 6.39. The van der Waals surface area contributed by atoms with Crippen LogP contribution in [-0.2, 0) is 45.6 Å². The first-order valence-corrected chi connectivity index (χ1v) is 12.6. The number of amides is 3. The molecule has 8 nitrogen and oxygen atoms in total. The maximum atomic E-state index is 13.1. The second-order valence-corrected chi connectivity index (χ2v) is 10.2. The average Bonchev–Trinajstić information content (AvgIpc) is 3.51. The molecule has 1 spiro atoms. The molecule has 3 amide bonds. The largest absolute Gasteiger partial charge is 0.345 e. The molecule has 0 bridgehead atoms. The van der Waals surface area contributed by atoms with Crippen molar-refractivity contribution in [3.05, 3.63) is 83.2 Å². The van der Waals surface area contributed by atoms with E-state index in [-0.39, 0.29) is 24.1 Å². The topological polar surface area (TPSA) is 105 Å². The Labute approximate surface area is 213 Å². The summed E-state index contributed by atoms with van der Waals surface area (Å²) in [6.45, 7) is 0.737. The van der Waals surface area contributed by atoms with Crippen LogP contribution in [0.2, 0.25) is 0 Å². The molecule has 3 N–H and O–H groups in total. The molecule has 2 aromatic heterocycles. The van der Waals surface area contributed by atoms with Crippen LogP contribution in [0.1, 0.15) is 35.1 Å². The van der Waals surface area contributed by atoms with Gasteiger partial charge in [0.2, 0.25) is 17.7 Å². The number of hydrogen-bond donors (Lipinski definition) is 3. The fourth-order valence-electron chi connectivity index (χ4n) is 6.20. The zero-order chi connectivity index (χ0) is 25.1. The van der Waals surface area contributed by atoms with E-state index in [0.717, 1.165) is 57.5 Å².